The van der Waals surface area contributed by atoms with Crippen molar-refractivity contribution in [3.8, 4) is 5.69 Å². The van der Waals surface area contributed by atoms with Crippen LogP contribution in [-0.2, 0) is 6.42 Å². The van der Waals surface area contributed by atoms with Gasteiger partial charge in [-0.15, -0.1) is 0 Å². The summed E-state index contributed by atoms with van der Waals surface area (Å²) in [5.41, 5.74) is 2.40. The number of imidazole rings is 1. The molecule has 78 valence electrons. The molecule has 3 nitrogen and oxygen atoms in total. The molecule has 0 bridgehead atoms. The second kappa shape index (κ2) is 4.75. The number of nitrogens with zero attached hydrogens (tertiary/aromatic N) is 2. The number of nitrogens with one attached hydrogen (secondary N) is 1. The molecule has 0 spiro atoms. The molecule has 0 saturated carbocycles. The van der Waals surface area contributed by atoms with Crippen molar-refractivity contribution in [3.05, 3.63) is 48.5 Å². The quantitative estimate of drug-likeness (QED) is 0.815. The number of hydrogen-bond acceptors (Lipinski definition) is 2. The lowest BCUT2D eigenvalue weighted by molar-refractivity contribution is 0.762. The van der Waals surface area contributed by atoms with Gasteiger partial charge in [-0.25, -0.2) is 4.98 Å². The van der Waals surface area contributed by atoms with Gasteiger partial charge in [0, 0.05) is 30.5 Å². The maximum absolute atomic E-state index is 4.19. The first-order valence-electron chi connectivity index (χ1n) is 5.13. The van der Waals surface area contributed by atoms with E-state index in [0.29, 0.717) is 0 Å². The Morgan fingerprint density at radius 1 is 1.27 bits per heavy atom. The molecular formula is C12H15N3. The summed E-state index contributed by atoms with van der Waals surface area (Å²) in [6.45, 7) is 0.971. The van der Waals surface area contributed by atoms with E-state index >= 15 is 0 Å². The molecule has 0 unspecified atom stereocenters. The van der Waals surface area contributed by atoms with E-state index in [0.717, 1.165) is 13.0 Å². The highest BCUT2D eigenvalue weighted by Crippen LogP contribution is 2.10. The summed E-state index contributed by atoms with van der Waals surface area (Å²) in [5, 5.41) is 3.14. The van der Waals surface area contributed by atoms with Crippen LogP contribution in [0, 0.1) is 0 Å². The molecule has 3 heteroatoms. The van der Waals surface area contributed by atoms with Crippen LogP contribution in [0.15, 0.2) is 42.9 Å². The van der Waals surface area contributed by atoms with Crippen LogP contribution in [-0.4, -0.2) is 23.1 Å². The molecule has 0 fully saturated rings. The Balaban J connectivity index is 2.25. The predicted octanol–water partition coefficient (Wildman–Crippen LogP) is 1.63. The van der Waals surface area contributed by atoms with E-state index in [1.54, 1.807) is 0 Å². The molecule has 15 heavy (non-hydrogen) atoms. The fraction of sp³-hybridized carbons (Fsp3) is 0.250. The number of rotatable bonds is 4. The topological polar surface area (TPSA) is 29.9 Å². The summed E-state index contributed by atoms with van der Waals surface area (Å²) in [6.07, 6.45) is 4.77. The molecule has 0 amide bonds. The van der Waals surface area contributed by atoms with Gasteiger partial charge in [-0.05, 0) is 19.2 Å². The van der Waals surface area contributed by atoms with Gasteiger partial charge in [-0.3, -0.25) is 0 Å². The number of hydrogen-bond donors (Lipinski definition) is 1. The van der Waals surface area contributed by atoms with Gasteiger partial charge in [0.25, 0.3) is 0 Å². The van der Waals surface area contributed by atoms with Crippen LogP contribution in [0.1, 0.15) is 5.69 Å². The number of likely N-dealkylation sites (N-methyl/N-ethyl adjacent to an activating group) is 1. The lowest BCUT2D eigenvalue weighted by Gasteiger charge is -2.07. The minimum atomic E-state index is 0.971. The van der Waals surface area contributed by atoms with Gasteiger partial charge < -0.3 is 9.88 Å². The van der Waals surface area contributed by atoms with E-state index in [4.69, 9.17) is 0 Å². The van der Waals surface area contributed by atoms with Crippen molar-refractivity contribution in [2.24, 2.45) is 0 Å². The SMILES string of the molecule is CNCCc1cncn1-c1ccccc1. The average Bonchev–Trinajstić information content (AvgIpc) is 2.75. The normalized spacial score (nSPS) is 10.5. The third-order valence-corrected chi connectivity index (χ3v) is 2.38. The maximum atomic E-state index is 4.19. The van der Waals surface area contributed by atoms with Crippen molar-refractivity contribution in [1.82, 2.24) is 14.9 Å². The van der Waals surface area contributed by atoms with Gasteiger partial charge >= 0.3 is 0 Å². The molecule has 1 heterocycles. The minimum absolute atomic E-state index is 0.971. The van der Waals surface area contributed by atoms with E-state index in [1.165, 1.54) is 11.4 Å². The highest BCUT2D eigenvalue weighted by Gasteiger charge is 2.02. The second-order valence-electron chi connectivity index (χ2n) is 3.44. The molecule has 1 aromatic heterocycles. The summed E-state index contributed by atoms with van der Waals surface area (Å²) in [6, 6.07) is 10.3. The van der Waals surface area contributed by atoms with Crippen LogP contribution in [0.3, 0.4) is 0 Å². The number of aromatic nitrogens is 2. The predicted molar refractivity (Wildman–Crippen MR) is 61.2 cm³/mol. The zero-order chi connectivity index (χ0) is 10.5. The highest BCUT2D eigenvalue weighted by atomic mass is 15.0. The minimum Gasteiger partial charge on any atom is -0.319 e. The molecule has 2 rings (SSSR count). The van der Waals surface area contributed by atoms with Gasteiger partial charge in [-0.2, -0.15) is 0 Å². The summed E-state index contributed by atoms with van der Waals surface area (Å²) >= 11 is 0. The van der Waals surface area contributed by atoms with Crippen molar-refractivity contribution < 1.29 is 0 Å². The third-order valence-electron chi connectivity index (χ3n) is 2.38. The van der Waals surface area contributed by atoms with E-state index in [9.17, 15) is 0 Å². The van der Waals surface area contributed by atoms with Crippen molar-refractivity contribution >= 4 is 0 Å². The summed E-state index contributed by atoms with van der Waals surface area (Å²) in [7, 11) is 1.96. The van der Waals surface area contributed by atoms with Crippen LogP contribution >= 0.6 is 0 Å². The first-order valence-corrected chi connectivity index (χ1v) is 5.13. The molecule has 0 atom stereocenters. The van der Waals surface area contributed by atoms with Crippen LogP contribution < -0.4 is 5.32 Å². The van der Waals surface area contributed by atoms with Crippen molar-refractivity contribution in [2.75, 3.05) is 13.6 Å². The highest BCUT2D eigenvalue weighted by molar-refractivity contribution is 5.33. The standard InChI is InChI=1S/C12H15N3/c1-13-8-7-12-9-14-10-15(12)11-5-3-2-4-6-11/h2-6,9-10,13H,7-8H2,1H3. The Kier molecular flexibility index (Phi) is 3.15. The van der Waals surface area contributed by atoms with Crippen LogP contribution in [0.2, 0.25) is 0 Å². The molecule has 2 aromatic rings. The van der Waals surface area contributed by atoms with Crippen molar-refractivity contribution in [2.45, 2.75) is 6.42 Å². The Morgan fingerprint density at radius 3 is 2.80 bits per heavy atom. The summed E-state index contributed by atoms with van der Waals surface area (Å²) < 4.78 is 2.12. The Labute approximate surface area is 89.8 Å². The Bertz CT molecular complexity index is 406. The molecule has 1 aromatic carbocycles. The largest absolute Gasteiger partial charge is 0.319 e. The molecule has 0 aliphatic heterocycles. The van der Waals surface area contributed by atoms with E-state index in [-0.39, 0.29) is 0 Å². The van der Waals surface area contributed by atoms with Gasteiger partial charge in [0.2, 0.25) is 0 Å². The van der Waals surface area contributed by atoms with E-state index in [1.807, 2.05) is 37.8 Å². The molecule has 0 aliphatic carbocycles. The molecule has 0 aliphatic rings. The van der Waals surface area contributed by atoms with Gasteiger partial charge in [-0.1, -0.05) is 18.2 Å². The third kappa shape index (κ3) is 2.25. The fourth-order valence-electron chi connectivity index (χ4n) is 1.58. The monoisotopic (exact) mass is 201 g/mol. The number of para-hydroxylation sites is 1. The lowest BCUT2D eigenvalue weighted by atomic mass is 10.3. The first-order chi connectivity index (χ1) is 7.42. The first kappa shape index (κ1) is 9.93. The zero-order valence-electron chi connectivity index (χ0n) is 8.85. The lowest BCUT2D eigenvalue weighted by Crippen LogP contribution is -2.12. The molecule has 1 N–H and O–H groups in total. The average molecular weight is 201 g/mol. The van der Waals surface area contributed by atoms with Crippen LogP contribution in [0.5, 0.6) is 0 Å². The Hall–Kier alpha value is -1.61. The second-order valence-corrected chi connectivity index (χ2v) is 3.44. The summed E-state index contributed by atoms with van der Waals surface area (Å²) in [4.78, 5) is 4.19. The fourth-order valence-corrected chi connectivity index (χ4v) is 1.58. The molecule has 0 saturated heterocycles. The van der Waals surface area contributed by atoms with Gasteiger partial charge in [0.15, 0.2) is 0 Å². The van der Waals surface area contributed by atoms with Crippen molar-refractivity contribution in [3.63, 3.8) is 0 Å². The molecule has 0 radical (unpaired) electrons. The van der Waals surface area contributed by atoms with Gasteiger partial charge in [0.1, 0.15) is 0 Å². The van der Waals surface area contributed by atoms with E-state index < -0.39 is 0 Å². The Morgan fingerprint density at radius 2 is 2.07 bits per heavy atom. The molecular weight excluding hydrogens is 186 g/mol. The van der Waals surface area contributed by atoms with Crippen molar-refractivity contribution in [1.29, 1.82) is 0 Å². The smallest absolute Gasteiger partial charge is 0.0994 e. The van der Waals surface area contributed by atoms with Crippen LogP contribution in [0.25, 0.3) is 5.69 Å². The zero-order valence-corrected chi connectivity index (χ0v) is 8.85. The van der Waals surface area contributed by atoms with Crippen LogP contribution in [0.4, 0.5) is 0 Å². The maximum Gasteiger partial charge on any atom is 0.0994 e. The number of benzene rings is 1. The van der Waals surface area contributed by atoms with Gasteiger partial charge in [0.05, 0.1) is 6.33 Å². The van der Waals surface area contributed by atoms with E-state index in [2.05, 4.69) is 27.0 Å². The summed E-state index contributed by atoms with van der Waals surface area (Å²) in [5.74, 6) is 0.